The van der Waals surface area contributed by atoms with Crippen molar-refractivity contribution >= 4 is 23.2 Å². The lowest BCUT2D eigenvalue weighted by Gasteiger charge is -2.17. The highest BCUT2D eigenvalue weighted by Gasteiger charge is 2.42. The number of hydrogen-bond acceptors (Lipinski definition) is 4. The van der Waals surface area contributed by atoms with E-state index < -0.39 is 5.92 Å². The molecule has 6 nitrogen and oxygen atoms in total. The highest BCUT2D eigenvalue weighted by atomic mass is 16.5. The number of benzene rings is 3. The standard InChI is InChI=1S/C26H26N2O4/c1-31-21-12-8-18(9-13-21)24-17-28(20-10-14-22(32-2)15-11-20)26(30)23(24)16-25(29)27-19-6-4-3-5-7-19/h3-15,23-24H,16-17H2,1-2H3,(H,27,29)/t23-,24-/m1/s1. The summed E-state index contributed by atoms with van der Waals surface area (Å²) < 4.78 is 10.5. The minimum Gasteiger partial charge on any atom is -0.497 e. The fourth-order valence-corrected chi connectivity index (χ4v) is 4.13. The number of nitrogens with one attached hydrogen (secondary N) is 1. The summed E-state index contributed by atoms with van der Waals surface area (Å²) in [7, 11) is 3.23. The van der Waals surface area contributed by atoms with Crippen LogP contribution in [0.3, 0.4) is 0 Å². The molecule has 4 rings (SSSR count). The number of para-hydroxylation sites is 1. The normalized spacial score (nSPS) is 17.8. The van der Waals surface area contributed by atoms with Crippen molar-refractivity contribution in [3.8, 4) is 11.5 Å². The van der Waals surface area contributed by atoms with Crippen molar-refractivity contribution in [1.29, 1.82) is 0 Å². The molecule has 1 aliphatic rings. The summed E-state index contributed by atoms with van der Waals surface area (Å²) in [5.41, 5.74) is 2.52. The second kappa shape index (κ2) is 9.56. The van der Waals surface area contributed by atoms with Gasteiger partial charge in [-0.15, -0.1) is 0 Å². The van der Waals surface area contributed by atoms with E-state index in [1.807, 2.05) is 78.9 Å². The van der Waals surface area contributed by atoms with Gasteiger partial charge in [0.1, 0.15) is 11.5 Å². The number of nitrogens with zero attached hydrogens (tertiary/aromatic N) is 1. The maximum Gasteiger partial charge on any atom is 0.231 e. The Morgan fingerprint density at radius 2 is 1.50 bits per heavy atom. The lowest BCUT2D eigenvalue weighted by atomic mass is 9.86. The molecule has 1 N–H and O–H groups in total. The van der Waals surface area contributed by atoms with Crippen LogP contribution >= 0.6 is 0 Å². The summed E-state index contributed by atoms with van der Waals surface area (Å²) in [6.07, 6.45) is 0.108. The Morgan fingerprint density at radius 3 is 2.09 bits per heavy atom. The van der Waals surface area contributed by atoms with Crippen LogP contribution in [0.5, 0.6) is 11.5 Å². The summed E-state index contributed by atoms with van der Waals surface area (Å²) in [6, 6.07) is 24.4. The van der Waals surface area contributed by atoms with Crippen molar-refractivity contribution in [2.24, 2.45) is 5.92 Å². The molecule has 2 atom stereocenters. The zero-order valence-electron chi connectivity index (χ0n) is 18.2. The molecule has 32 heavy (non-hydrogen) atoms. The van der Waals surface area contributed by atoms with E-state index in [1.54, 1.807) is 19.1 Å². The van der Waals surface area contributed by atoms with Gasteiger partial charge >= 0.3 is 0 Å². The quantitative estimate of drug-likeness (QED) is 0.600. The van der Waals surface area contributed by atoms with Gasteiger partial charge in [-0.25, -0.2) is 0 Å². The van der Waals surface area contributed by atoms with Crippen molar-refractivity contribution in [2.75, 3.05) is 31.0 Å². The monoisotopic (exact) mass is 430 g/mol. The highest BCUT2D eigenvalue weighted by molar-refractivity contribution is 6.02. The fourth-order valence-electron chi connectivity index (χ4n) is 4.13. The van der Waals surface area contributed by atoms with Crippen LogP contribution in [0.2, 0.25) is 0 Å². The number of hydrogen-bond donors (Lipinski definition) is 1. The van der Waals surface area contributed by atoms with E-state index in [0.717, 1.165) is 28.4 Å². The van der Waals surface area contributed by atoms with Gasteiger partial charge < -0.3 is 19.7 Å². The Hall–Kier alpha value is -3.80. The minimum absolute atomic E-state index is 0.0563. The highest BCUT2D eigenvalue weighted by Crippen LogP contribution is 2.39. The zero-order valence-corrected chi connectivity index (χ0v) is 18.2. The molecule has 1 saturated heterocycles. The van der Waals surface area contributed by atoms with Gasteiger partial charge in [-0.05, 0) is 54.1 Å². The Morgan fingerprint density at radius 1 is 0.906 bits per heavy atom. The van der Waals surface area contributed by atoms with Crippen molar-refractivity contribution in [3.05, 3.63) is 84.4 Å². The molecule has 164 valence electrons. The van der Waals surface area contributed by atoms with Crippen LogP contribution in [0.15, 0.2) is 78.9 Å². The van der Waals surface area contributed by atoms with Crippen LogP contribution in [0.1, 0.15) is 17.9 Å². The first-order valence-corrected chi connectivity index (χ1v) is 10.5. The van der Waals surface area contributed by atoms with Crippen molar-refractivity contribution in [3.63, 3.8) is 0 Å². The van der Waals surface area contributed by atoms with Crippen molar-refractivity contribution in [2.45, 2.75) is 12.3 Å². The summed E-state index contributed by atoms with van der Waals surface area (Å²) in [6.45, 7) is 0.501. The van der Waals surface area contributed by atoms with E-state index in [9.17, 15) is 9.59 Å². The molecule has 3 aromatic carbocycles. The third kappa shape index (κ3) is 4.59. The second-order valence-corrected chi connectivity index (χ2v) is 7.75. The third-order valence-electron chi connectivity index (χ3n) is 5.84. The summed E-state index contributed by atoms with van der Waals surface area (Å²) >= 11 is 0. The van der Waals surface area contributed by atoms with Gasteiger partial charge in [0.2, 0.25) is 11.8 Å². The zero-order chi connectivity index (χ0) is 22.5. The van der Waals surface area contributed by atoms with E-state index in [-0.39, 0.29) is 24.2 Å². The topological polar surface area (TPSA) is 67.9 Å². The van der Waals surface area contributed by atoms with Crippen LogP contribution < -0.4 is 19.7 Å². The second-order valence-electron chi connectivity index (χ2n) is 7.75. The summed E-state index contributed by atoms with van der Waals surface area (Å²) in [5.74, 6) is 0.671. The number of amides is 2. The van der Waals surface area contributed by atoms with Gasteiger partial charge in [-0.2, -0.15) is 0 Å². The first-order chi connectivity index (χ1) is 15.6. The molecular formula is C26H26N2O4. The predicted octanol–water partition coefficient (Wildman–Crippen LogP) is 4.48. The SMILES string of the molecule is COc1ccc([C@H]2CN(c3ccc(OC)cc3)C(=O)[C@@H]2CC(=O)Nc2ccccc2)cc1. The summed E-state index contributed by atoms with van der Waals surface area (Å²) in [4.78, 5) is 28.0. The molecule has 1 heterocycles. The van der Waals surface area contributed by atoms with E-state index in [4.69, 9.17) is 9.47 Å². The van der Waals surface area contributed by atoms with Gasteiger partial charge in [0.15, 0.2) is 0 Å². The molecule has 3 aromatic rings. The molecule has 2 amide bonds. The van der Waals surface area contributed by atoms with Gasteiger partial charge in [0.05, 0.1) is 20.1 Å². The smallest absolute Gasteiger partial charge is 0.231 e. The van der Waals surface area contributed by atoms with Crippen molar-refractivity contribution < 1.29 is 19.1 Å². The number of anilines is 2. The number of rotatable bonds is 7. The van der Waals surface area contributed by atoms with Crippen LogP contribution in [-0.4, -0.2) is 32.6 Å². The number of carbonyl (C=O) groups is 2. The predicted molar refractivity (Wildman–Crippen MR) is 124 cm³/mol. The fraction of sp³-hybridized carbons (Fsp3) is 0.231. The number of methoxy groups -OCH3 is 2. The van der Waals surface area contributed by atoms with Gasteiger partial charge in [0, 0.05) is 30.3 Å². The van der Waals surface area contributed by atoms with Crippen LogP contribution in [0.4, 0.5) is 11.4 Å². The maximum atomic E-state index is 13.4. The molecule has 0 aromatic heterocycles. The third-order valence-corrected chi connectivity index (χ3v) is 5.84. The molecule has 6 heteroatoms. The molecule has 0 spiro atoms. The van der Waals surface area contributed by atoms with Crippen LogP contribution in [0, 0.1) is 5.92 Å². The molecule has 0 aliphatic carbocycles. The van der Waals surface area contributed by atoms with Gasteiger partial charge in [0.25, 0.3) is 0 Å². The van der Waals surface area contributed by atoms with Gasteiger partial charge in [-0.3, -0.25) is 9.59 Å². The molecule has 1 fully saturated rings. The Bertz CT molecular complexity index is 1070. The van der Waals surface area contributed by atoms with Crippen molar-refractivity contribution in [1.82, 2.24) is 0 Å². The molecule has 0 saturated carbocycles. The van der Waals surface area contributed by atoms with E-state index in [0.29, 0.717) is 6.54 Å². The number of carbonyl (C=O) groups excluding carboxylic acids is 2. The van der Waals surface area contributed by atoms with E-state index in [2.05, 4.69) is 5.32 Å². The molecule has 0 unspecified atom stereocenters. The molecule has 1 aliphatic heterocycles. The van der Waals surface area contributed by atoms with Crippen LogP contribution in [0.25, 0.3) is 0 Å². The molecule has 0 bridgehead atoms. The lowest BCUT2D eigenvalue weighted by Crippen LogP contribution is -2.29. The average Bonchev–Trinajstić information content (AvgIpc) is 3.15. The summed E-state index contributed by atoms with van der Waals surface area (Å²) in [5, 5.41) is 2.90. The average molecular weight is 431 g/mol. The van der Waals surface area contributed by atoms with E-state index in [1.165, 1.54) is 0 Å². The largest absolute Gasteiger partial charge is 0.497 e. The maximum absolute atomic E-state index is 13.4. The number of ether oxygens (including phenoxy) is 2. The van der Waals surface area contributed by atoms with Gasteiger partial charge in [-0.1, -0.05) is 30.3 Å². The Balaban J connectivity index is 1.59. The molecular weight excluding hydrogens is 404 g/mol. The Labute approximate surface area is 187 Å². The lowest BCUT2D eigenvalue weighted by molar-refractivity contribution is -0.125. The van der Waals surface area contributed by atoms with E-state index >= 15 is 0 Å². The first kappa shape index (κ1) is 21.4. The first-order valence-electron chi connectivity index (χ1n) is 10.5. The van der Waals surface area contributed by atoms with Crippen LogP contribution in [-0.2, 0) is 9.59 Å². The Kier molecular flexibility index (Phi) is 6.40. The molecule has 0 radical (unpaired) electrons. The minimum atomic E-state index is -0.464.